The van der Waals surface area contributed by atoms with Crippen molar-refractivity contribution in [1.82, 2.24) is 5.32 Å². The summed E-state index contributed by atoms with van der Waals surface area (Å²) in [6, 6.07) is 8.09. The van der Waals surface area contributed by atoms with Gasteiger partial charge in [-0.05, 0) is 32.3 Å². The molecule has 1 heterocycles. The molecular formula is C15H22N2O2. The van der Waals surface area contributed by atoms with Crippen LogP contribution < -0.4 is 10.6 Å². The van der Waals surface area contributed by atoms with Crippen LogP contribution in [0.1, 0.15) is 31.7 Å². The lowest BCUT2D eigenvalue weighted by atomic mass is 9.99. The maximum atomic E-state index is 12.3. The van der Waals surface area contributed by atoms with Crippen LogP contribution in [0.2, 0.25) is 0 Å². The summed E-state index contributed by atoms with van der Waals surface area (Å²) < 4.78 is 5.15. The van der Waals surface area contributed by atoms with Crippen molar-refractivity contribution in [3.8, 4) is 0 Å². The quantitative estimate of drug-likeness (QED) is 0.875. The van der Waals surface area contributed by atoms with Crippen LogP contribution >= 0.6 is 0 Å². The molecule has 1 fully saturated rings. The number of anilines is 1. The first-order valence-electron chi connectivity index (χ1n) is 6.84. The number of amides is 1. The van der Waals surface area contributed by atoms with Crippen LogP contribution in [-0.2, 0) is 16.1 Å². The number of methoxy groups -OCH3 is 1. The van der Waals surface area contributed by atoms with Crippen molar-refractivity contribution in [2.24, 2.45) is 0 Å². The van der Waals surface area contributed by atoms with E-state index in [4.69, 9.17) is 4.74 Å². The highest BCUT2D eigenvalue weighted by molar-refractivity contribution is 5.95. The number of ether oxygens (including phenoxy) is 1. The fourth-order valence-electron chi connectivity index (χ4n) is 2.49. The third-order valence-electron chi connectivity index (χ3n) is 3.51. The fourth-order valence-corrected chi connectivity index (χ4v) is 2.49. The minimum atomic E-state index is -0.0839. The van der Waals surface area contributed by atoms with Crippen LogP contribution in [0.5, 0.6) is 0 Å². The van der Waals surface area contributed by atoms with Gasteiger partial charge in [-0.2, -0.15) is 0 Å². The van der Waals surface area contributed by atoms with Gasteiger partial charge in [0, 0.05) is 24.4 Å². The topological polar surface area (TPSA) is 50.4 Å². The van der Waals surface area contributed by atoms with Crippen molar-refractivity contribution in [3.05, 3.63) is 29.8 Å². The van der Waals surface area contributed by atoms with Gasteiger partial charge in [0.05, 0.1) is 12.6 Å². The molecule has 1 amide bonds. The van der Waals surface area contributed by atoms with Gasteiger partial charge in [-0.15, -0.1) is 0 Å². The Morgan fingerprint density at radius 2 is 2.21 bits per heavy atom. The van der Waals surface area contributed by atoms with Crippen molar-refractivity contribution in [2.75, 3.05) is 12.4 Å². The summed E-state index contributed by atoms with van der Waals surface area (Å²) in [6.07, 6.45) is 3.15. The number of nitrogens with one attached hydrogen (secondary N) is 2. The van der Waals surface area contributed by atoms with Gasteiger partial charge in [0.25, 0.3) is 0 Å². The molecule has 4 nitrogen and oxygen atoms in total. The first-order valence-corrected chi connectivity index (χ1v) is 6.84. The Hall–Kier alpha value is -1.39. The molecule has 1 aliphatic rings. The van der Waals surface area contributed by atoms with Crippen LogP contribution in [0.25, 0.3) is 0 Å². The molecule has 1 saturated heterocycles. The highest BCUT2D eigenvalue weighted by Crippen LogP contribution is 2.18. The summed E-state index contributed by atoms with van der Waals surface area (Å²) in [6.45, 7) is 2.63. The molecular weight excluding hydrogens is 240 g/mol. The van der Waals surface area contributed by atoms with E-state index in [2.05, 4.69) is 17.6 Å². The van der Waals surface area contributed by atoms with Crippen molar-refractivity contribution >= 4 is 11.6 Å². The molecule has 2 atom stereocenters. The first kappa shape index (κ1) is 14.0. The molecule has 1 aliphatic heterocycles. The molecule has 2 rings (SSSR count). The monoisotopic (exact) mass is 262 g/mol. The van der Waals surface area contributed by atoms with E-state index in [1.807, 2.05) is 24.3 Å². The molecule has 1 aromatic rings. The molecule has 0 bridgehead atoms. The Bertz CT molecular complexity index is 434. The Morgan fingerprint density at radius 3 is 2.95 bits per heavy atom. The van der Waals surface area contributed by atoms with E-state index in [9.17, 15) is 4.79 Å². The Kier molecular flexibility index (Phi) is 4.93. The third-order valence-corrected chi connectivity index (χ3v) is 3.51. The average molecular weight is 262 g/mol. The number of rotatable bonds is 4. The molecule has 0 radical (unpaired) electrons. The predicted molar refractivity (Wildman–Crippen MR) is 76.0 cm³/mol. The molecule has 2 unspecified atom stereocenters. The van der Waals surface area contributed by atoms with E-state index in [0.29, 0.717) is 12.6 Å². The van der Waals surface area contributed by atoms with E-state index >= 15 is 0 Å². The summed E-state index contributed by atoms with van der Waals surface area (Å²) >= 11 is 0. The highest BCUT2D eigenvalue weighted by Gasteiger charge is 2.24. The van der Waals surface area contributed by atoms with Crippen molar-refractivity contribution in [2.45, 2.75) is 44.9 Å². The maximum absolute atomic E-state index is 12.3. The van der Waals surface area contributed by atoms with Crippen LogP contribution in [0.4, 0.5) is 5.69 Å². The number of carbonyl (C=O) groups excluding carboxylic acids is 1. The number of benzene rings is 1. The Morgan fingerprint density at radius 1 is 1.42 bits per heavy atom. The minimum absolute atomic E-state index is 0.0510. The molecule has 104 valence electrons. The summed E-state index contributed by atoms with van der Waals surface area (Å²) in [4.78, 5) is 12.3. The van der Waals surface area contributed by atoms with E-state index in [0.717, 1.165) is 30.5 Å². The third kappa shape index (κ3) is 3.78. The lowest BCUT2D eigenvalue weighted by Gasteiger charge is -2.28. The van der Waals surface area contributed by atoms with Crippen LogP contribution in [0, 0.1) is 0 Å². The Balaban J connectivity index is 2.02. The van der Waals surface area contributed by atoms with Crippen molar-refractivity contribution in [1.29, 1.82) is 0 Å². The van der Waals surface area contributed by atoms with Gasteiger partial charge in [0.1, 0.15) is 0 Å². The summed E-state index contributed by atoms with van der Waals surface area (Å²) in [7, 11) is 1.66. The van der Waals surface area contributed by atoms with Gasteiger partial charge in [-0.25, -0.2) is 0 Å². The molecule has 0 aromatic heterocycles. The zero-order valence-electron chi connectivity index (χ0n) is 11.6. The number of para-hydroxylation sites is 1. The van der Waals surface area contributed by atoms with Gasteiger partial charge in [0.2, 0.25) is 5.91 Å². The van der Waals surface area contributed by atoms with E-state index in [1.165, 1.54) is 0 Å². The van der Waals surface area contributed by atoms with Crippen LogP contribution in [-0.4, -0.2) is 25.1 Å². The summed E-state index contributed by atoms with van der Waals surface area (Å²) in [5, 5.41) is 6.35. The molecule has 0 aliphatic carbocycles. The summed E-state index contributed by atoms with van der Waals surface area (Å²) in [5.74, 6) is 0.0510. The smallest absolute Gasteiger partial charge is 0.241 e. The molecule has 4 heteroatoms. The normalized spacial score (nSPS) is 23.1. The van der Waals surface area contributed by atoms with Gasteiger partial charge in [-0.3, -0.25) is 4.79 Å². The molecule has 19 heavy (non-hydrogen) atoms. The van der Waals surface area contributed by atoms with Crippen molar-refractivity contribution in [3.63, 3.8) is 0 Å². The maximum Gasteiger partial charge on any atom is 0.241 e. The van der Waals surface area contributed by atoms with Crippen LogP contribution in [0.15, 0.2) is 24.3 Å². The largest absolute Gasteiger partial charge is 0.380 e. The molecule has 0 saturated carbocycles. The number of carbonyl (C=O) groups is 1. The van der Waals surface area contributed by atoms with Crippen LogP contribution in [0.3, 0.4) is 0 Å². The first-order chi connectivity index (χ1) is 9.20. The highest BCUT2D eigenvalue weighted by atomic mass is 16.5. The second-order valence-electron chi connectivity index (χ2n) is 5.13. The zero-order valence-corrected chi connectivity index (χ0v) is 11.6. The van der Waals surface area contributed by atoms with Gasteiger partial charge < -0.3 is 15.4 Å². The summed E-state index contributed by atoms with van der Waals surface area (Å²) in [5.41, 5.74) is 1.84. The van der Waals surface area contributed by atoms with E-state index in [-0.39, 0.29) is 11.9 Å². The molecule has 1 aromatic carbocycles. The standard InChI is InChI=1S/C15H22N2O2/c1-11-6-5-9-14(16-11)15(18)17-13-8-4-3-7-12(13)10-19-2/h3-4,7-8,11,14,16H,5-6,9-10H2,1-2H3,(H,17,18). The molecule has 2 N–H and O–H groups in total. The lowest BCUT2D eigenvalue weighted by Crippen LogP contribution is -2.47. The van der Waals surface area contributed by atoms with Gasteiger partial charge in [-0.1, -0.05) is 18.2 Å². The van der Waals surface area contributed by atoms with Gasteiger partial charge >= 0.3 is 0 Å². The van der Waals surface area contributed by atoms with E-state index in [1.54, 1.807) is 7.11 Å². The second-order valence-corrected chi connectivity index (χ2v) is 5.13. The second kappa shape index (κ2) is 6.68. The average Bonchev–Trinajstić information content (AvgIpc) is 2.41. The lowest BCUT2D eigenvalue weighted by molar-refractivity contribution is -0.118. The SMILES string of the molecule is COCc1ccccc1NC(=O)C1CCCC(C)N1. The predicted octanol–water partition coefficient (Wildman–Crippen LogP) is 2.30. The fraction of sp³-hybridized carbons (Fsp3) is 0.533. The number of hydrogen-bond acceptors (Lipinski definition) is 3. The molecule has 0 spiro atoms. The Labute approximate surface area is 114 Å². The zero-order chi connectivity index (χ0) is 13.7. The van der Waals surface area contributed by atoms with Gasteiger partial charge in [0.15, 0.2) is 0 Å². The van der Waals surface area contributed by atoms with E-state index < -0.39 is 0 Å². The van der Waals surface area contributed by atoms with Crippen molar-refractivity contribution < 1.29 is 9.53 Å². The number of hydrogen-bond donors (Lipinski definition) is 2. The number of piperidine rings is 1. The minimum Gasteiger partial charge on any atom is -0.380 e.